The van der Waals surface area contributed by atoms with Crippen LogP contribution in [-0.2, 0) is 0 Å². The quantitative estimate of drug-likeness (QED) is 0.584. The number of rotatable bonds is 4. The molecule has 20 heavy (non-hydrogen) atoms. The summed E-state index contributed by atoms with van der Waals surface area (Å²) in [5.74, 6) is -0.0383. The fourth-order valence-electron chi connectivity index (χ4n) is 2.78. The summed E-state index contributed by atoms with van der Waals surface area (Å²) in [5, 5.41) is 6.38. The highest BCUT2D eigenvalue weighted by Gasteiger charge is 2.16. The smallest absolute Gasteiger partial charge is 0.253 e. The zero-order valence-corrected chi connectivity index (χ0v) is 12.2. The SMILES string of the molecule is CCNC(=O)c1ccc(N)cc1NC1CCCCCC1. The molecule has 0 aromatic heterocycles. The van der Waals surface area contributed by atoms with Gasteiger partial charge in [-0.15, -0.1) is 0 Å². The summed E-state index contributed by atoms with van der Waals surface area (Å²) >= 11 is 0. The maximum Gasteiger partial charge on any atom is 0.253 e. The monoisotopic (exact) mass is 275 g/mol. The minimum atomic E-state index is -0.0383. The molecule has 0 aliphatic heterocycles. The van der Waals surface area contributed by atoms with Crippen LogP contribution in [0.4, 0.5) is 11.4 Å². The van der Waals surface area contributed by atoms with Crippen molar-refractivity contribution in [1.82, 2.24) is 5.32 Å². The predicted octanol–water partition coefficient (Wildman–Crippen LogP) is 3.15. The third-order valence-corrected chi connectivity index (χ3v) is 3.84. The number of carbonyl (C=O) groups excluding carboxylic acids is 1. The fourth-order valence-corrected chi connectivity index (χ4v) is 2.78. The number of benzene rings is 1. The Balaban J connectivity index is 2.15. The fraction of sp³-hybridized carbons (Fsp3) is 0.562. The molecule has 1 saturated carbocycles. The largest absolute Gasteiger partial charge is 0.399 e. The Morgan fingerprint density at radius 3 is 2.60 bits per heavy atom. The summed E-state index contributed by atoms with van der Waals surface area (Å²) in [6.45, 7) is 2.56. The summed E-state index contributed by atoms with van der Waals surface area (Å²) in [7, 11) is 0. The van der Waals surface area contributed by atoms with Gasteiger partial charge in [-0.1, -0.05) is 25.7 Å². The topological polar surface area (TPSA) is 67.2 Å². The maximum atomic E-state index is 12.1. The van der Waals surface area contributed by atoms with Crippen LogP contribution in [0, 0.1) is 0 Å². The van der Waals surface area contributed by atoms with Gasteiger partial charge >= 0.3 is 0 Å². The Labute approximate surface area is 121 Å². The number of anilines is 2. The van der Waals surface area contributed by atoms with Crippen molar-refractivity contribution in [3.8, 4) is 0 Å². The number of amides is 1. The van der Waals surface area contributed by atoms with Crippen molar-refractivity contribution in [3.05, 3.63) is 23.8 Å². The summed E-state index contributed by atoms with van der Waals surface area (Å²) in [6, 6.07) is 5.91. The first kappa shape index (κ1) is 14.7. The molecule has 0 saturated heterocycles. The second-order valence-electron chi connectivity index (χ2n) is 5.50. The Morgan fingerprint density at radius 2 is 1.95 bits per heavy atom. The number of hydrogen-bond donors (Lipinski definition) is 3. The Hall–Kier alpha value is -1.71. The summed E-state index contributed by atoms with van der Waals surface area (Å²) in [6.07, 6.45) is 7.50. The van der Waals surface area contributed by atoms with E-state index in [9.17, 15) is 4.79 Å². The van der Waals surface area contributed by atoms with E-state index >= 15 is 0 Å². The van der Waals surface area contributed by atoms with E-state index < -0.39 is 0 Å². The molecule has 1 aliphatic rings. The third-order valence-electron chi connectivity index (χ3n) is 3.84. The molecule has 1 fully saturated rings. The van der Waals surface area contributed by atoms with Gasteiger partial charge in [0, 0.05) is 24.0 Å². The van der Waals surface area contributed by atoms with Crippen LogP contribution in [0.3, 0.4) is 0 Å². The van der Waals surface area contributed by atoms with Crippen LogP contribution in [-0.4, -0.2) is 18.5 Å². The van der Waals surface area contributed by atoms with Crippen molar-refractivity contribution >= 4 is 17.3 Å². The van der Waals surface area contributed by atoms with Gasteiger partial charge in [0.05, 0.1) is 5.56 Å². The molecule has 1 aromatic rings. The van der Waals surface area contributed by atoms with Crippen molar-refractivity contribution in [3.63, 3.8) is 0 Å². The van der Waals surface area contributed by atoms with Gasteiger partial charge < -0.3 is 16.4 Å². The average molecular weight is 275 g/mol. The highest BCUT2D eigenvalue weighted by Crippen LogP contribution is 2.25. The van der Waals surface area contributed by atoms with E-state index in [1.54, 1.807) is 12.1 Å². The molecule has 4 N–H and O–H groups in total. The maximum absolute atomic E-state index is 12.1. The normalized spacial score (nSPS) is 16.4. The van der Waals surface area contributed by atoms with Gasteiger partial charge in [0.1, 0.15) is 0 Å². The van der Waals surface area contributed by atoms with Gasteiger partial charge in [-0.2, -0.15) is 0 Å². The highest BCUT2D eigenvalue weighted by atomic mass is 16.1. The molecular weight excluding hydrogens is 250 g/mol. The standard InChI is InChI=1S/C16H25N3O/c1-2-18-16(20)14-10-9-12(17)11-15(14)19-13-7-5-3-4-6-8-13/h9-11,13,19H,2-8,17H2,1H3,(H,18,20). The van der Waals surface area contributed by atoms with Crippen molar-refractivity contribution in [2.45, 2.75) is 51.5 Å². The second kappa shape index (κ2) is 7.17. The average Bonchev–Trinajstić information content (AvgIpc) is 2.68. The first-order chi connectivity index (χ1) is 9.70. The molecule has 4 heteroatoms. The molecular formula is C16H25N3O. The van der Waals surface area contributed by atoms with Crippen molar-refractivity contribution < 1.29 is 4.79 Å². The van der Waals surface area contributed by atoms with Crippen LogP contribution in [0.15, 0.2) is 18.2 Å². The van der Waals surface area contributed by atoms with Crippen molar-refractivity contribution in [2.24, 2.45) is 0 Å². The van der Waals surface area contributed by atoms with Gasteiger partial charge in [0.15, 0.2) is 0 Å². The van der Waals surface area contributed by atoms with E-state index in [0.717, 1.165) is 5.69 Å². The lowest BCUT2D eigenvalue weighted by Crippen LogP contribution is -2.26. The zero-order chi connectivity index (χ0) is 14.4. The summed E-state index contributed by atoms with van der Waals surface area (Å²) in [5.41, 5.74) is 8.10. The first-order valence-corrected chi connectivity index (χ1v) is 7.65. The molecule has 0 spiro atoms. The van der Waals surface area contributed by atoms with E-state index in [1.807, 2.05) is 13.0 Å². The minimum Gasteiger partial charge on any atom is -0.399 e. The highest BCUT2D eigenvalue weighted by molar-refractivity contribution is 6.00. The number of hydrogen-bond acceptors (Lipinski definition) is 3. The van der Waals surface area contributed by atoms with Crippen LogP contribution in [0.25, 0.3) is 0 Å². The summed E-state index contributed by atoms with van der Waals surface area (Å²) < 4.78 is 0. The Bertz CT molecular complexity index is 451. The van der Waals surface area contributed by atoms with E-state index in [0.29, 0.717) is 23.8 Å². The molecule has 0 bridgehead atoms. The minimum absolute atomic E-state index is 0.0383. The van der Waals surface area contributed by atoms with Crippen molar-refractivity contribution in [2.75, 3.05) is 17.6 Å². The third kappa shape index (κ3) is 3.89. The summed E-state index contributed by atoms with van der Waals surface area (Å²) in [4.78, 5) is 12.1. The predicted molar refractivity (Wildman–Crippen MR) is 84.0 cm³/mol. The van der Waals surface area contributed by atoms with E-state index in [1.165, 1.54) is 38.5 Å². The first-order valence-electron chi connectivity index (χ1n) is 7.65. The molecule has 0 radical (unpaired) electrons. The lowest BCUT2D eigenvalue weighted by Gasteiger charge is -2.20. The van der Waals surface area contributed by atoms with E-state index in [-0.39, 0.29) is 5.91 Å². The van der Waals surface area contributed by atoms with Crippen LogP contribution >= 0.6 is 0 Å². The lowest BCUT2D eigenvalue weighted by atomic mass is 10.1. The number of carbonyl (C=O) groups is 1. The van der Waals surface area contributed by atoms with Gasteiger partial charge in [0.25, 0.3) is 5.91 Å². The molecule has 1 amide bonds. The molecule has 0 heterocycles. The van der Waals surface area contributed by atoms with Gasteiger partial charge in [-0.3, -0.25) is 4.79 Å². The van der Waals surface area contributed by atoms with Gasteiger partial charge in [0.2, 0.25) is 0 Å². The van der Waals surface area contributed by atoms with Crippen LogP contribution in [0.5, 0.6) is 0 Å². The second-order valence-corrected chi connectivity index (χ2v) is 5.50. The zero-order valence-electron chi connectivity index (χ0n) is 12.2. The molecule has 4 nitrogen and oxygen atoms in total. The molecule has 0 atom stereocenters. The molecule has 0 unspecified atom stereocenters. The van der Waals surface area contributed by atoms with Crippen LogP contribution < -0.4 is 16.4 Å². The lowest BCUT2D eigenvalue weighted by molar-refractivity contribution is 0.0956. The number of nitrogen functional groups attached to an aromatic ring is 1. The Kier molecular flexibility index (Phi) is 5.27. The van der Waals surface area contributed by atoms with E-state index in [4.69, 9.17) is 5.73 Å². The van der Waals surface area contributed by atoms with Crippen LogP contribution in [0.2, 0.25) is 0 Å². The van der Waals surface area contributed by atoms with Gasteiger partial charge in [-0.25, -0.2) is 0 Å². The van der Waals surface area contributed by atoms with Crippen LogP contribution in [0.1, 0.15) is 55.8 Å². The Morgan fingerprint density at radius 1 is 1.25 bits per heavy atom. The molecule has 1 aliphatic carbocycles. The molecule has 1 aromatic carbocycles. The van der Waals surface area contributed by atoms with Gasteiger partial charge in [-0.05, 0) is 38.0 Å². The number of nitrogens with one attached hydrogen (secondary N) is 2. The molecule has 110 valence electrons. The molecule has 2 rings (SSSR count). The van der Waals surface area contributed by atoms with E-state index in [2.05, 4.69) is 10.6 Å². The van der Waals surface area contributed by atoms with Crippen molar-refractivity contribution in [1.29, 1.82) is 0 Å². The number of nitrogens with two attached hydrogens (primary N) is 1.